The predicted molar refractivity (Wildman–Crippen MR) is 82.0 cm³/mol. The average molecular weight is 285 g/mol. The molecule has 0 aliphatic heterocycles. The molecule has 0 heterocycles. The zero-order chi connectivity index (χ0) is 14.4. The number of hydrogen-bond acceptors (Lipinski definition) is 3. The Labute approximate surface area is 121 Å². The van der Waals surface area contributed by atoms with Gasteiger partial charge in [-0.05, 0) is 37.7 Å². The molecule has 1 aromatic carbocycles. The van der Waals surface area contributed by atoms with Gasteiger partial charge in [-0.3, -0.25) is 0 Å². The van der Waals surface area contributed by atoms with E-state index in [4.69, 9.17) is 16.3 Å². The lowest BCUT2D eigenvalue weighted by Crippen LogP contribution is -2.41. The molecule has 0 saturated carbocycles. The number of nitrogens with one attached hydrogen (secondary N) is 1. The van der Waals surface area contributed by atoms with E-state index in [-0.39, 0.29) is 0 Å². The molecule has 19 heavy (non-hydrogen) atoms. The Morgan fingerprint density at radius 1 is 1.32 bits per heavy atom. The number of methoxy groups -OCH3 is 1. The number of rotatable bonds is 7. The summed E-state index contributed by atoms with van der Waals surface area (Å²) in [5.41, 5.74) is 1.18. The Balaban J connectivity index is 2.61. The molecule has 0 amide bonds. The second-order valence-electron chi connectivity index (χ2n) is 5.46. The number of halogens is 1. The van der Waals surface area contributed by atoms with E-state index in [0.717, 1.165) is 18.8 Å². The maximum absolute atomic E-state index is 6.13. The van der Waals surface area contributed by atoms with Crippen LogP contribution in [0.1, 0.15) is 19.4 Å². The molecule has 1 atom stereocenters. The molecule has 0 aromatic heterocycles. The van der Waals surface area contributed by atoms with Gasteiger partial charge in [-0.1, -0.05) is 31.5 Å². The monoisotopic (exact) mass is 284 g/mol. The Kier molecular flexibility index (Phi) is 6.63. The van der Waals surface area contributed by atoms with E-state index in [2.05, 4.69) is 38.2 Å². The van der Waals surface area contributed by atoms with Gasteiger partial charge in [0.25, 0.3) is 0 Å². The quantitative estimate of drug-likeness (QED) is 0.833. The number of benzene rings is 1. The standard InChI is InChI=1S/C15H25ClN2O/c1-11(2)14(10-18(3)4)17-9-12-6-7-15(19-5)13(16)8-12/h6-8,11,14,17H,9-10H2,1-5H3. The molecule has 1 unspecified atom stereocenters. The summed E-state index contributed by atoms with van der Waals surface area (Å²) in [4.78, 5) is 2.21. The van der Waals surface area contributed by atoms with Crippen molar-refractivity contribution in [2.24, 2.45) is 5.92 Å². The maximum atomic E-state index is 6.13. The van der Waals surface area contributed by atoms with Crippen LogP contribution < -0.4 is 10.1 Å². The molecule has 1 rings (SSSR count). The number of ether oxygens (including phenoxy) is 1. The highest BCUT2D eigenvalue weighted by Gasteiger charge is 2.13. The van der Waals surface area contributed by atoms with Gasteiger partial charge in [0.2, 0.25) is 0 Å². The average Bonchev–Trinajstić information content (AvgIpc) is 2.34. The minimum Gasteiger partial charge on any atom is -0.495 e. The van der Waals surface area contributed by atoms with Crippen molar-refractivity contribution in [2.45, 2.75) is 26.4 Å². The molecular weight excluding hydrogens is 260 g/mol. The lowest BCUT2D eigenvalue weighted by molar-refractivity contribution is 0.288. The molecule has 0 aliphatic rings. The first kappa shape index (κ1) is 16.3. The first-order valence-corrected chi connectivity index (χ1v) is 7.02. The SMILES string of the molecule is COc1ccc(CNC(CN(C)C)C(C)C)cc1Cl. The fourth-order valence-corrected chi connectivity index (χ4v) is 2.25. The topological polar surface area (TPSA) is 24.5 Å². The minimum absolute atomic E-state index is 0.468. The molecule has 0 spiro atoms. The van der Waals surface area contributed by atoms with E-state index < -0.39 is 0 Å². The van der Waals surface area contributed by atoms with E-state index in [9.17, 15) is 0 Å². The highest BCUT2D eigenvalue weighted by Crippen LogP contribution is 2.24. The Morgan fingerprint density at radius 2 is 2.00 bits per heavy atom. The van der Waals surface area contributed by atoms with Gasteiger partial charge in [-0.2, -0.15) is 0 Å². The molecule has 1 N–H and O–H groups in total. The Morgan fingerprint density at radius 3 is 2.47 bits per heavy atom. The molecule has 3 nitrogen and oxygen atoms in total. The second kappa shape index (κ2) is 7.73. The summed E-state index contributed by atoms with van der Waals surface area (Å²) in [7, 11) is 5.83. The van der Waals surface area contributed by atoms with Crippen LogP contribution in [0.4, 0.5) is 0 Å². The fraction of sp³-hybridized carbons (Fsp3) is 0.600. The van der Waals surface area contributed by atoms with Crippen LogP contribution in [0.25, 0.3) is 0 Å². The van der Waals surface area contributed by atoms with Gasteiger partial charge >= 0.3 is 0 Å². The van der Waals surface area contributed by atoms with Gasteiger partial charge in [0, 0.05) is 19.1 Å². The van der Waals surface area contributed by atoms with Gasteiger partial charge in [0.1, 0.15) is 5.75 Å². The van der Waals surface area contributed by atoms with E-state index in [1.807, 2.05) is 18.2 Å². The van der Waals surface area contributed by atoms with Crippen LogP contribution in [0.2, 0.25) is 5.02 Å². The summed E-state index contributed by atoms with van der Waals surface area (Å²) in [6.45, 7) is 6.33. The third kappa shape index (κ3) is 5.39. The lowest BCUT2D eigenvalue weighted by atomic mass is 10.0. The van der Waals surface area contributed by atoms with Crippen LogP contribution in [-0.4, -0.2) is 38.7 Å². The summed E-state index contributed by atoms with van der Waals surface area (Å²) < 4.78 is 5.16. The molecule has 108 valence electrons. The normalized spacial score (nSPS) is 13.1. The summed E-state index contributed by atoms with van der Waals surface area (Å²) in [6, 6.07) is 6.39. The zero-order valence-electron chi connectivity index (χ0n) is 12.5. The van der Waals surface area contributed by atoms with Crippen LogP contribution in [0.15, 0.2) is 18.2 Å². The fourth-order valence-electron chi connectivity index (χ4n) is 1.97. The highest BCUT2D eigenvalue weighted by molar-refractivity contribution is 6.32. The van der Waals surface area contributed by atoms with Crippen molar-refractivity contribution in [3.8, 4) is 5.75 Å². The lowest BCUT2D eigenvalue weighted by Gasteiger charge is -2.25. The van der Waals surface area contributed by atoms with Gasteiger partial charge in [-0.15, -0.1) is 0 Å². The molecule has 0 aliphatic carbocycles. The number of nitrogens with zero attached hydrogens (tertiary/aromatic N) is 1. The van der Waals surface area contributed by atoms with Crippen molar-refractivity contribution in [3.05, 3.63) is 28.8 Å². The number of likely N-dealkylation sites (N-methyl/N-ethyl adjacent to an activating group) is 1. The van der Waals surface area contributed by atoms with Crippen molar-refractivity contribution in [1.82, 2.24) is 10.2 Å². The molecule has 1 aromatic rings. The number of hydrogen-bond donors (Lipinski definition) is 1. The molecule has 4 heteroatoms. The van der Waals surface area contributed by atoms with E-state index in [0.29, 0.717) is 17.0 Å². The summed E-state index contributed by atoms with van der Waals surface area (Å²) in [5.74, 6) is 1.32. The van der Waals surface area contributed by atoms with Crippen molar-refractivity contribution in [3.63, 3.8) is 0 Å². The first-order chi connectivity index (χ1) is 8.93. The van der Waals surface area contributed by atoms with Crippen LogP contribution >= 0.6 is 11.6 Å². The minimum atomic E-state index is 0.468. The van der Waals surface area contributed by atoms with E-state index in [1.165, 1.54) is 5.56 Å². The van der Waals surface area contributed by atoms with Crippen molar-refractivity contribution < 1.29 is 4.74 Å². The summed E-state index contributed by atoms with van der Waals surface area (Å²) in [6.07, 6.45) is 0. The zero-order valence-corrected chi connectivity index (χ0v) is 13.3. The van der Waals surface area contributed by atoms with Gasteiger partial charge in [0.05, 0.1) is 12.1 Å². The van der Waals surface area contributed by atoms with Crippen LogP contribution in [0.3, 0.4) is 0 Å². The smallest absolute Gasteiger partial charge is 0.137 e. The first-order valence-electron chi connectivity index (χ1n) is 6.64. The van der Waals surface area contributed by atoms with Crippen LogP contribution in [0, 0.1) is 5.92 Å². The van der Waals surface area contributed by atoms with E-state index >= 15 is 0 Å². The Bertz CT molecular complexity index is 394. The van der Waals surface area contributed by atoms with Crippen molar-refractivity contribution in [1.29, 1.82) is 0 Å². The molecule has 0 fully saturated rings. The van der Waals surface area contributed by atoms with E-state index in [1.54, 1.807) is 7.11 Å². The second-order valence-corrected chi connectivity index (χ2v) is 5.87. The highest BCUT2D eigenvalue weighted by atomic mass is 35.5. The van der Waals surface area contributed by atoms with Crippen molar-refractivity contribution in [2.75, 3.05) is 27.7 Å². The van der Waals surface area contributed by atoms with Gasteiger partial charge < -0.3 is 15.0 Å². The molecule has 0 radical (unpaired) electrons. The Hall–Kier alpha value is -0.770. The maximum Gasteiger partial charge on any atom is 0.137 e. The predicted octanol–water partition coefficient (Wildman–Crippen LogP) is 3.02. The molecular formula is C15H25ClN2O. The summed E-state index contributed by atoms with van der Waals surface area (Å²) in [5, 5.41) is 4.25. The third-order valence-electron chi connectivity index (χ3n) is 3.15. The van der Waals surface area contributed by atoms with Crippen LogP contribution in [0.5, 0.6) is 5.75 Å². The molecule has 0 bridgehead atoms. The largest absolute Gasteiger partial charge is 0.495 e. The van der Waals surface area contributed by atoms with Gasteiger partial charge in [-0.25, -0.2) is 0 Å². The van der Waals surface area contributed by atoms with Crippen molar-refractivity contribution >= 4 is 11.6 Å². The molecule has 0 saturated heterocycles. The summed E-state index contributed by atoms with van der Waals surface area (Å²) >= 11 is 6.13. The van der Waals surface area contributed by atoms with Crippen LogP contribution in [-0.2, 0) is 6.54 Å². The van der Waals surface area contributed by atoms with Gasteiger partial charge in [0.15, 0.2) is 0 Å². The third-order valence-corrected chi connectivity index (χ3v) is 3.45.